The molecule has 1 saturated heterocycles. The minimum Gasteiger partial charge on any atom is -0.462 e. The van der Waals surface area contributed by atoms with Crippen molar-refractivity contribution < 1.29 is 19.1 Å². The van der Waals surface area contributed by atoms with Crippen molar-refractivity contribution in [2.45, 2.75) is 58.6 Å². The van der Waals surface area contributed by atoms with Crippen molar-refractivity contribution in [1.82, 2.24) is 14.7 Å². The SMILES string of the molecule is CCOC(=O)c1cn(C2(C)CCN(C(=O)OC(C)(C)C)CC2)nc1Cl. The van der Waals surface area contributed by atoms with E-state index in [9.17, 15) is 9.59 Å². The molecule has 0 bridgehead atoms. The fraction of sp³-hybridized carbons (Fsp3) is 0.706. The maximum absolute atomic E-state index is 12.2. The van der Waals surface area contributed by atoms with Gasteiger partial charge in [0.15, 0.2) is 5.15 Å². The standard InChI is InChI=1S/C17H26ClN3O4/c1-6-24-14(22)12-11-21(19-13(12)18)17(5)7-9-20(10-8-17)15(23)25-16(2,3)4/h11H,6-10H2,1-5H3. The average Bonchev–Trinajstić information content (AvgIpc) is 2.89. The Morgan fingerprint density at radius 3 is 2.44 bits per heavy atom. The van der Waals surface area contributed by atoms with E-state index in [0.29, 0.717) is 25.9 Å². The third-order valence-corrected chi connectivity index (χ3v) is 4.49. The van der Waals surface area contributed by atoms with Crippen LogP contribution in [-0.2, 0) is 15.0 Å². The van der Waals surface area contributed by atoms with E-state index in [0.717, 1.165) is 0 Å². The summed E-state index contributed by atoms with van der Waals surface area (Å²) in [6, 6.07) is 0. The van der Waals surface area contributed by atoms with Gasteiger partial charge in [0.05, 0.1) is 12.1 Å². The smallest absolute Gasteiger partial charge is 0.410 e. The Morgan fingerprint density at radius 1 is 1.32 bits per heavy atom. The molecule has 2 heterocycles. The van der Waals surface area contributed by atoms with E-state index >= 15 is 0 Å². The Morgan fingerprint density at radius 2 is 1.92 bits per heavy atom. The van der Waals surface area contributed by atoms with Gasteiger partial charge < -0.3 is 14.4 Å². The molecule has 25 heavy (non-hydrogen) atoms. The van der Waals surface area contributed by atoms with Crippen LogP contribution in [0.25, 0.3) is 0 Å². The number of piperidine rings is 1. The fourth-order valence-corrected chi connectivity index (χ4v) is 2.91. The summed E-state index contributed by atoms with van der Waals surface area (Å²) >= 11 is 6.09. The average molecular weight is 372 g/mol. The second kappa shape index (κ2) is 7.23. The summed E-state index contributed by atoms with van der Waals surface area (Å²) in [5.74, 6) is -0.478. The highest BCUT2D eigenvalue weighted by Crippen LogP contribution is 2.31. The van der Waals surface area contributed by atoms with Gasteiger partial charge in [-0.25, -0.2) is 9.59 Å². The number of carbonyl (C=O) groups excluding carboxylic acids is 2. The van der Waals surface area contributed by atoms with Gasteiger partial charge in [-0.05, 0) is 47.5 Å². The Labute approximate surface area is 153 Å². The van der Waals surface area contributed by atoms with Crippen molar-refractivity contribution in [3.05, 3.63) is 16.9 Å². The Kier molecular flexibility index (Phi) is 5.66. The number of hydrogen-bond acceptors (Lipinski definition) is 5. The molecule has 0 radical (unpaired) electrons. The maximum Gasteiger partial charge on any atom is 0.410 e. The zero-order valence-electron chi connectivity index (χ0n) is 15.5. The molecule has 1 aromatic rings. The molecule has 0 N–H and O–H groups in total. The molecule has 0 aliphatic carbocycles. The Hall–Kier alpha value is -1.76. The van der Waals surface area contributed by atoms with Crippen LogP contribution in [0, 0.1) is 0 Å². The van der Waals surface area contributed by atoms with Crippen LogP contribution in [0.1, 0.15) is 57.8 Å². The number of esters is 1. The largest absolute Gasteiger partial charge is 0.462 e. The van der Waals surface area contributed by atoms with Crippen molar-refractivity contribution in [3.63, 3.8) is 0 Å². The minimum atomic E-state index is -0.512. The van der Waals surface area contributed by atoms with Gasteiger partial charge in [-0.3, -0.25) is 4.68 Å². The number of aromatic nitrogens is 2. The van der Waals surface area contributed by atoms with Gasteiger partial charge in [0, 0.05) is 19.3 Å². The molecule has 8 heteroatoms. The van der Waals surface area contributed by atoms with Crippen molar-refractivity contribution in [3.8, 4) is 0 Å². The molecule has 2 rings (SSSR count). The van der Waals surface area contributed by atoms with E-state index in [-0.39, 0.29) is 29.0 Å². The van der Waals surface area contributed by atoms with Gasteiger partial charge in [-0.1, -0.05) is 11.6 Å². The van der Waals surface area contributed by atoms with Crippen molar-refractivity contribution in [2.24, 2.45) is 0 Å². The van der Waals surface area contributed by atoms with Gasteiger partial charge in [0.2, 0.25) is 0 Å². The lowest BCUT2D eigenvalue weighted by Gasteiger charge is -2.39. The van der Waals surface area contributed by atoms with E-state index in [4.69, 9.17) is 21.1 Å². The molecule has 0 saturated carbocycles. The summed E-state index contributed by atoms with van der Waals surface area (Å²) in [6.45, 7) is 10.7. The molecule has 0 atom stereocenters. The van der Waals surface area contributed by atoms with E-state index in [2.05, 4.69) is 5.10 Å². The van der Waals surface area contributed by atoms with Crippen LogP contribution in [0.3, 0.4) is 0 Å². The summed E-state index contributed by atoms with van der Waals surface area (Å²) in [5.41, 5.74) is -0.575. The summed E-state index contributed by atoms with van der Waals surface area (Å²) in [7, 11) is 0. The van der Waals surface area contributed by atoms with Crippen LogP contribution in [0.2, 0.25) is 5.15 Å². The molecular formula is C17H26ClN3O4. The molecule has 0 aromatic carbocycles. The summed E-state index contributed by atoms with van der Waals surface area (Å²) in [4.78, 5) is 25.8. The van der Waals surface area contributed by atoms with E-state index < -0.39 is 11.6 Å². The highest BCUT2D eigenvalue weighted by Gasteiger charge is 2.36. The molecule has 0 spiro atoms. The van der Waals surface area contributed by atoms with Crippen molar-refractivity contribution >= 4 is 23.7 Å². The molecule has 140 valence electrons. The number of likely N-dealkylation sites (tertiary alicyclic amines) is 1. The molecule has 7 nitrogen and oxygen atoms in total. The first-order chi connectivity index (χ1) is 11.6. The number of nitrogens with zero attached hydrogens (tertiary/aromatic N) is 3. The predicted molar refractivity (Wildman–Crippen MR) is 93.9 cm³/mol. The normalized spacial score (nSPS) is 17.3. The van der Waals surface area contributed by atoms with Gasteiger partial charge >= 0.3 is 12.1 Å². The van der Waals surface area contributed by atoms with E-state index in [1.807, 2.05) is 27.7 Å². The summed E-state index contributed by atoms with van der Waals surface area (Å²) in [6.07, 6.45) is 2.70. The number of rotatable bonds is 3. The first-order valence-electron chi connectivity index (χ1n) is 8.46. The number of carbonyl (C=O) groups is 2. The molecule has 1 aliphatic heterocycles. The topological polar surface area (TPSA) is 73.7 Å². The Balaban J connectivity index is 2.06. The second-order valence-electron chi connectivity index (χ2n) is 7.46. The molecule has 1 aliphatic rings. The number of amides is 1. The molecule has 1 fully saturated rings. The van der Waals surface area contributed by atoms with Crippen LogP contribution < -0.4 is 0 Å². The van der Waals surface area contributed by atoms with Crippen LogP contribution in [0.15, 0.2) is 6.20 Å². The third kappa shape index (κ3) is 4.66. The summed E-state index contributed by atoms with van der Waals surface area (Å²) < 4.78 is 12.1. The minimum absolute atomic E-state index is 0.134. The molecule has 0 unspecified atom stereocenters. The molecule has 1 aromatic heterocycles. The highest BCUT2D eigenvalue weighted by atomic mass is 35.5. The summed E-state index contributed by atoms with van der Waals surface area (Å²) in [5, 5.41) is 4.42. The monoisotopic (exact) mass is 371 g/mol. The van der Waals surface area contributed by atoms with Gasteiger partial charge in [-0.15, -0.1) is 0 Å². The first kappa shape index (κ1) is 19.6. The third-order valence-electron chi connectivity index (χ3n) is 4.21. The van der Waals surface area contributed by atoms with E-state index in [1.165, 1.54) is 0 Å². The lowest BCUT2D eigenvalue weighted by atomic mass is 9.90. The number of hydrogen-bond donors (Lipinski definition) is 0. The van der Waals surface area contributed by atoms with E-state index in [1.54, 1.807) is 22.7 Å². The first-order valence-corrected chi connectivity index (χ1v) is 8.84. The van der Waals surface area contributed by atoms with Crippen molar-refractivity contribution in [2.75, 3.05) is 19.7 Å². The maximum atomic E-state index is 12.2. The second-order valence-corrected chi connectivity index (χ2v) is 7.82. The Bertz CT molecular complexity index is 643. The predicted octanol–water partition coefficient (Wildman–Crippen LogP) is 3.46. The number of ether oxygens (including phenoxy) is 2. The quantitative estimate of drug-likeness (QED) is 0.761. The van der Waals surface area contributed by atoms with Crippen LogP contribution in [0.4, 0.5) is 4.79 Å². The lowest BCUT2D eigenvalue weighted by molar-refractivity contribution is 0.0120. The lowest BCUT2D eigenvalue weighted by Crippen LogP contribution is -2.48. The number of halogens is 1. The van der Waals surface area contributed by atoms with Gasteiger partial charge in [-0.2, -0.15) is 5.10 Å². The zero-order chi connectivity index (χ0) is 18.8. The van der Waals surface area contributed by atoms with Crippen LogP contribution in [0.5, 0.6) is 0 Å². The van der Waals surface area contributed by atoms with Crippen LogP contribution in [-0.4, -0.2) is 52.0 Å². The van der Waals surface area contributed by atoms with Gasteiger partial charge in [0.25, 0.3) is 0 Å². The zero-order valence-corrected chi connectivity index (χ0v) is 16.2. The van der Waals surface area contributed by atoms with Crippen LogP contribution >= 0.6 is 11.6 Å². The van der Waals surface area contributed by atoms with Crippen molar-refractivity contribution in [1.29, 1.82) is 0 Å². The molecule has 1 amide bonds. The highest BCUT2D eigenvalue weighted by molar-refractivity contribution is 6.32. The van der Waals surface area contributed by atoms with Gasteiger partial charge in [0.1, 0.15) is 11.2 Å². The fourth-order valence-electron chi connectivity index (χ4n) is 2.70. The molecular weight excluding hydrogens is 346 g/mol.